The zero-order valence-electron chi connectivity index (χ0n) is 6.77. The average Bonchev–Trinajstić information content (AvgIpc) is 2.29. The van der Waals surface area contributed by atoms with Gasteiger partial charge in [-0.25, -0.2) is 0 Å². The van der Waals surface area contributed by atoms with Crippen LogP contribution in [0.25, 0.3) is 0 Å². The molecule has 6 heteroatoms. The first-order valence-corrected chi connectivity index (χ1v) is 4.28. The van der Waals surface area contributed by atoms with Crippen molar-refractivity contribution in [2.75, 3.05) is 0 Å². The van der Waals surface area contributed by atoms with E-state index in [4.69, 9.17) is 5.11 Å². The number of imide groups is 1. The molecule has 1 N–H and O–H groups in total. The van der Waals surface area contributed by atoms with Crippen LogP contribution in [-0.4, -0.2) is 33.2 Å². The van der Waals surface area contributed by atoms with Crippen molar-refractivity contribution >= 4 is 30.4 Å². The molecule has 1 rings (SSSR count). The minimum atomic E-state index is -1.08. The van der Waals surface area contributed by atoms with Gasteiger partial charge in [0, 0.05) is 12.8 Å². The Morgan fingerprint density at radius 1 is 1.46 bits per heavy atom. The summed E-state index contributed by atoms with van der Waals surface area (Å²) in [7, 11) is 0. The molecule has 1 aliphatic rings. The quantitative estimate of drug-likeness (QED) is 0.495. The summed E-state index contributed by atoms with van der Waals surface area (Å²) in [5, 5.41) is 7.59. The van der Waals surface area contributed by atoms with Crippen molar-refractivity contribution < 1.29 is 19.5 Å². The molecule has 0 bridgehead atoms. The smallest absolute Gasteiger partial charge is 0.306 e. The molecule has 0 saturated carbocycles. The third-order valence-electron chi connectivity index (χ3n) is 1.75. The number of hydrogen-bond donors (Lipinski definition) is 2. The monoisotopic (exact) mass is 203 g/mol. The number of carbonyl (C=O) groups is 3. The van der Waals surface area contributed by atoms with E-state index in [1.807, 2.05) is 0 Å². The normalized spacial score (nSPS) is 19.3. The molecule has 0 aromatic rings. The lowest BCUT2D eigenvalue weighted by Gasteiger charge is -2.19. The second-order valence-corrected chi connectivity index (χ2v) is 3.33. The molecule has 0 radical (unpaired) electrons. The lowest BCUT2D eigenvalue weighted by Crippen LogP contribution is -2.37. The molecule has 2 amide bonds. The van der Waals surface area contributed by atoms with Crippen molar-refractivity contribution in [1.29, 1.82) is 0 Å². The average molecular weight is 203 g/mol. The number of carboxylic acid groups (broad SMARTS) is 1. The zero-order chi connectivity index (χ0) is 10.0. The standard InChI is InChI=1S/C7H9NO4S/c9-4-1-2-5(10)8(4)6(13)3-7(11)12/h6,13H,1-3H2,(H,11,12). The molecule has 1 saturated heterocycles. The van der Waals surface area contributed by atoms with E-state index in [2.05, 4.69) is 12.6 Å². The van der Waals surface area contributed by atoms with E-state index in [1.165, 1.54) is 0 Å². The molecular formula is C7H9NO4S. The maximum Gasteiger partial charge on any atom is 0.306 e. The molecule has 72 valence electrons. The Bertz CT molecular complexity index is 249. The van der Waals surface area contributed by atoms with Gasteiger partial charge in [0.1, 0.15) is 0 Å². The number of amides is 2. The lowest BCUT2D eigenvalue weighted by atomic mass is 10.4. The molecule has 1 unspecified atom stereocenters. The van der Waals surface area contributed by atoms with Crippen LogP contribution in [0.4, 0.5) is 0 Å². The number of nitrogens with zero attached hydrogens (tertiary/aromatic N) is 1. The zero-order valence-corrected chi connectivity index (χ0v) is 7.66. The summed E-state index contributed by atoms with van der Waals surface area (Å²) in [6.45, 7) is 0. The Hall–Kier alpha value is -1.04. The van der Waals surface area contributed by atoms with Gasteiger partial charge in [-0.05, 0) is 0 Å². The van der Waals surface area contributed by atoms with E-state index in [0.717, 1.165) is 4.90 Å². The second-order valence-electron chi connectivity index (χ2n) is 2.74. The summed E-state index contributed by atoms with van der Waals surface area (Å²) in [6.07, 6.45) is 0.00557. The Morgan fingerprint density at radius 3 is 2.31 bits per heavy atom. The molecule has 13 heavy (non-hydrogen) atoms. The fourth-order valence-corrected chi connectivity index (χ4v) is 1.59. The number of carboxylic acids is 1. The van der Waals surface area contributed by atoms with Gasteiger partial charge < -0.3 is 5.11 Å². The number of carbonyl (C=O) groups excluding carboxylic acids is 2. The van der Waals surface area contributed by atoms with Gasteiger partial charge in [0.25, 0.3) is 0 Å². The summed E-state index contributed by atoms with van der Waals surface area (Å²) in [5.74, 6) is -1.76. The van der Waals surface area contributed by atoms with Gasteiger partial charge >= 0.3 is 5.97 Å². The summed E-state index contributed by atoms with van der Waals surface area (Å²) in [6, 6.07) is 0. The topological polar surface area (TPSA) is 74.7 Å². The SMILES string of the molecule is O=C(O)CC(S)N1C(=O)CCC1=O. The predicted octanol–water partition coefficient (Wildman–Crippen LogP) is -0.134. The Labute approximate surface area is 80.1 Å². The largest absolute Gasteiger partial charge is 0.481 e. The number of thiol groups is 1. The van der Waals surface area contributed by atoms with Crippen LogP contribution >= 0.6 is 12.6 Å². The van der Waals surface area contributed by atoms with Gasteiger partial charge in [0.15, 0.2) is 0 Å². The molecule has 0 spiro atoms. The minimum Gasteiger partial charge on any atom is -0.481 e. The van der Waals surface area contributed by atoms with Gasteiger partial charge in [-0.2, -0.15) is 12.6 Å². The molecule has 1 aliphatic heterocycles. The van der Waals surface area contributed by atoms with Crippen LogP contribution < -0.4 is 0 Å². The summed E-state index contributed by atoms with van der Waals surface area (Å²) < 4.78 is 0. The molecule has 5 nitrogen and oxygen atoms in total. The highest BCUT2D eigenvalue weighted by Crippen LogP contribution is 2.19. The first kappa shape index (κ1) is 10.0. The Kier molecular flexibility index (Phi) is 2.92. The van der Waals surface area contributed by atoms with Crippen LogP contribution in [0.1, 0.15) is 19.3 Å². The molecule has 0 aromatic heterocycles. The van der Waals surface area contributed by atoms with Gasteiger partial charge in [-0.1, -0.05) is 0 Å². The van der Waals surface area contributed by atoms with Crippen molar-refractivity contribution in [3.05, 3.63) is 0 Å². The van der Waals surface area contributed by atoms with Crippen LogP contribution in [-0.2, 0) is 14.4 Å². The van der Waals surface area contributed by atoms with Gasteiger partial charge in [0.05, 0.1) is 11.8 Å². The first-order valence-electron chi connectivity index (χ1n) is 3.77. The minimum absolute atomic E-state index is 0.162. The van der Waals surface area contributed by atoms with Crippen LogP contribution in [0, 0.1) is 0 Å². The van der Waals surface area contributed by atoms with Gasteiger partial charge in [-0.3, -0.25) is 19.3 Å². The van der Waals surface area contributed by atoms with E-state index >= 15 is 0 Å². The molecule has 1 atom stereocenters. The number of likely N-dealkylation sites (tertiary alicyclic amines) is 1. The van der Waals surface area contributed by atoms with E-state index in [0.29, 0.717) is 0 Å². The van der Waals surface area contributed by atoms with Crippen molar-refractivity contribution in [3.63, 3.8) is 0 Å². The van der Waals surface area contributed by atoms with Crippen molar-refractivity contribution in [1.82, 2.24) is 4.90 Å². The van der Waals surface area contributed by atoms with E-state index in [-0.39, 0.29) is 31.1 Å². The summed E-state index contributed by atoms with van der Waals surface area (Å²) in [4.78, 5) is 33.3. The number of hydrogen-bond acceptors (Lipinski definition) is 4. The molecule has 1 fully saturated rings. The highest BCUT2D eigenvalue weighted by molar-refractivity contribution is 7.81. The highest BCUT2D eigenvalue weighted by Gasteiger charge is 2.34. The lowest BCUT2D eigenvalue weighted by molar-refractivity contribution is -0.141. The Morgan fingerprint density at radius 2 is 1.92 bits per heavy atom. The second kappa shape index (κ2) is 3.78. The summed E-state index contributed by atoms with van der Waals surface area (Å²) in [5.41, 5.74) is 0. The third kappa shape index (κ3) is 2.21. The highest BCUT2D eigenvalue weighted by atomic mass is 32.1. The van der Waals surface area contributed by atoms with E-state index < -0.39 is 11.3 Å². The molecular weight excluding hydrogens is 194 g/mol. The van der Waals surface area contributed by atoms with Crippen LogP contribution in [0.2, 0.25) is 0 Å². The van der Waals surface area contributed by atoms with Crippen molar-refractivity contribution in [2.45, 2.75) is 24.6 Å². The maximum absolute atomic E-state index is 11.1. The fraction of sp³-hybridized carbons (Fsp3) is 0.571. The van der Waals surface area contributed by atoms with E-state index in [1.54, 1.807) is 0 Å². The van der Waals surface area contributed by atoms with E-state index in [9.17, 15) is 14.4 Å². The van der Waals surface area contributed by atoms with Crippen molar-refractivity contribution in [3.8, 4) is 0 Å². The number of rotatable bonds is 3. The number of aliphatic carboxylic acids is 1. The van der Waals surface area contributed by atoms with Crippen LogP contribution in [0.15, 0.2) is 0 Å². The van der Waals surface area contributed by atoms with Crippen molar-refractivity contribution in [2.24, 2.45) is 0 Å². The van der Waals surface area contributed by atoms with Gasteiger partial charge in [-0.15, -0.1) is 0 Å². The predicted molar refractivity (Wildman–Crippen MR) is 46.1 cm³/mol. The van der Waals surface area contributed by atoms with Crippen LogP contribution in [0.3, 0.4) is 0 Å². The molecule has 1 heterocycles. The van der Waals surface area contributed by atoms with Crippen LogP contribution in [0.5, 0.6) is 0 Å². The molecule has 0 aromatic carbocycles. The first-order chi connectivity index (χ1) is 6.02. The maximum atomic E-state index is 11.1. The fourth-order valence-electron chi connectivity index (χ4n) is 1.17. The summed E-state index contributed by atoms with van der Waals surface area (Å²) >= 11 is 3.89. The molecule has 0 aliphatic carbocycles. The Balaban J connectivity index is 2.64. The third-order valence-corrected chi connectivity index (χ3v) is 2.16. The van der Waals surface area contributed by atoms with Gasteiger partial charge in [0.2, 0.25) is 11.8 Å².